The minimum Gasteiger partial charge on any atom is -0.492 e. The molecule has 1 fully saturated rings. The van der Waals surface area contributed by atoms with E-state index in [0.717, 1.165) is 32.1 Å². The second-order valence-corrected chi connectivity index (χ2v) is 8.42. The second-order valence-electron chi connectivity index (χ2n) is 5.64. The smallest absolute Gasteiger partial charge is 0.233 e. The van der Waals surface area contributed by atoms with Gasteiger partial charge in [0, 0.05) is 16.1 Å². The monoisotopic (exact) mass is 327 g/mol. The molecule has 1 saturated carbocycles. The van der Waals surface area contributed by atoms with Crippen molar-refractivity contribution >= 4 is 19.7 Å². The summed E-state index contributed by atoms with van der Waals surface area (Å²) in [6, 6.07) is 9.05. The highest BCUT2D eigenvalue weighted by Crippen LogP contribution is 2.39. The number of ether oxygens (including phenoxy) is 1. The maximum Gasteiger partial charge on any atom is 0.233 e. The number of nitrogens with zero attached hydrogens (tertiary/aromatic N) is 1. The van der Waals surface area contributed by atoms with Crippen LogP contribution in [-0.2, 0) is 9.05 Å². The summed E-state index contributed by atoms with van der Waals surface area (Å²) in [5, 5.41) is 9.06. The van der Waals surface area contributed by atoms with Crippen LogP contribution in [0.5, 0.6) is 5.75 Å². The Labute approximate surface area is 130 Å². The van der Waals surface area contributed by atoms with Gasteiger partial charge in [0.2, 0.25) is 9.05 Å². The Morgan fingerprint density at radius 3 is 2.52 bits per heavy atom. The quantitative estimate of drug-likeness (QED) is 0.777. The molecule has 0 radical (unpaired) electrons. The van der Waals surface area contributed by atoms with Gasteiger partial charge in [-0.2, -0.15) is 5.26 Å². The highest BCUT2D eigenvalue weighted by molar-refractivity contribution is 8.13. The van der Waals surface area contributed by atoms with Gasteiger partial charge in [-0.3, -0.25) is 0 Å². The highest BCUT2D eigenvalue weighted by Gasteiger charge is 2.37. The molecule has 1 aliphatic carbocycles. The van der Waals surface area contributed by atoms with E-state index in [4.69, 9.17) is 20.7 Å². The first kappa shape index (κ1) is 16.1. The van der Waals surface area contributed by atoms with E-state index in [-0.39, 0.29) is 12.4 Å². The largest absolute Gasteiger partial charge is 0.492 e. The molecular weight excluding hydrogens is 310 g/mol. The normalized spacial score (nSPS) is 17.9. The van der Waals surface area contributed by atoms with Gasteiger partial charge in [0.05, 0.1) is 17.9 Å². The Hall–Kier alpha value is -1.25. The zero-order valence-electron chi connectivity index (χ0n) is 11.7. The van der Waals surface area contributed by atoms with Crippen LogP contribution in [0.3, 0.4) is 0 Å². The number of rotatable bonds is 5. The van der Waals surface area contributed by atoms with Crippen LogP contribution in [-0.4, -0.2) is 20.8 Å². The predicted octanol–water partition coefficient (Wildman–Crippen LogP) is 3.46. The van der Waals surface area contributed by atoms with Gasteiger partial charge in [-0.15, -0.1) is 0 Å². The molecule has 2 rings (SSSR count). The molecule has 114 valence electrons. The molecule has 0 spiro atoms. The lowest BCUT2D eigenvalue weighted by Gasteiger charge is -2.36. The molecule has 1 aromatic carbocycles. The van der Waals surface area contributed by atoms with E-state index < -0.39 is 14.5 Å². The summed E-state index contributed by atoms with van der Waals surface area (Å²) in [5.74, 6) is 0.424. The first-order valence-corrected chi connectivity index (χ1v) is 9.46. The Morgan fingerprint density at radius 2 is 1.90 bits per heavy atom. The van der Waals surface area contributed by atoms with Crippen molar-refractivity contribution in [1.82, 2.24) is 0 Å². The predicted molar refractivity (Wildman–Crippen MR) is 81.8 cm³/mol. The molecule has 0 amide bonds. The molecule has 0 bridgehead atoms. The standard InChI is InChI=1S/C15H18ClNO3S/c16-21(18,19)12-15(8-4-1-5-9-15)11-20-14-7-3-2-6-13(14)10-17/h2-3,6-7H,1,4-5,8-9,11-12H2. The molecule has 0 aliphatic heterocycles. The van der Waals surface area contributed by atoms with E-state index in [0.29, 0.717) is 11.3 Å². The fraction of sp³-hybridized carbons (Fsp3) is 0.533. The summed E-state index contributed by atoms with van der Waals surface area (Å²) < 4.78 is 28.8. The molecule has 4 nitrogen and oxygen atoms in total. The van der Waals surface area contributed by atoms with Crippen LogP contribution in [0.25, 0.3) is 0 Å². The number of nitriles is 1. The van der Waals surface area contributed by atoms with Crippen LogP contribution in [0.2, 0.25) is 0 Å². The maximum atomic E-state index is 11.5. The first-order chi connectivity index (χ1) is 9.94. The Balaban J connectivity index is 2.14. The molecule has 21 heavy (non-hydrogen) atoms. The van der Waals surface area contributed by atoms with E-state index >= 15 is 0 Å². The lowest BCUT2D eigenvalue weighted by molar-refractivity contribution is 0.119. The minimum absolute atomic E-state index is 0.0731. The average molecular weight is 328 g/mol. The van der Waals surface area contributed by atoms with Crippen LogP contribution in [0.15, 0.2) is 24.3 Å². The summed E-state index contributed by atoms with van der Waals surface area (Å²) >= 11 is 0. The minimum atomic E-state index is -3.58. The Bertz CT molecular complexity index is 631. The third kappa shape index (κ3) is 4.62. The van der Waals surface area contributed by atoms with E-state index in [9.17, 15) is 8.42 Å². The number of benzene rings is 1. The molecule has 0 atom stereocenters. The van der Waals surface area contributed by atoms with E-state index in [1.165, 1.54) is 0 Å². The summed E-state index contributed by atoms with van der Waals surface area (Å²) in [4.78, 5) is 0. The van der Waals surface area contributed by atoms with Gasteiger partial charge in [-0.05, 0) is 25.0 Å². The van der Waals surface area contributed by atoms with Crippen molar-refractivity contribution in [2.45, 2.75) is 32.1 Å². The molecule has 0 aromatic heterocycles. The molecule has 0 saturated heterocycles. The number of hydrogen-bond acceptors (Lipinski definition) is 4. The topological polar surface area (TPSA) is 67.2 Å². The zero-order chi connectivity index (χ0) is 15.3. The van der Waals surface area contributed by atoms with Crippen molar-refractivity contribution in [2.24, 2.45) is 5.41 Å². The maximum absolute atomic E-state index is 11.5. The van der Waals surface area contributed by atoms with E-state index in [2.05, 4.69) is 6.07 Å². The van der Waals surface area contributed by atoms with E-state index in [1.807, 2.05) is 0 Å². The highest BCUT2D eigenvalue weighted by atomic mass is 35.7. The van der Waals surface area contributed by atoms with Gasteiger partial charge < -0.3 is 4.74 Å². The van der Waals surface area contributed by atoms with Crippen LogP contribution in [0.1, 0.15) is 37.7 Å². The second kappa shape index (κ2) is 6.67. The van der Waals surface area contributed by atoms with Crippen LogP contribution in [0.4, 0.5) is 0 Å². The average Bonchev–Trinajstić information content (AvgIpc) is 2.45. The molecular formula is C15H18ClNO3S. The van der Waals surface area contributed by atoms with Crippen molar-refractivity contribution in [3.05, 3.63) is 29.8 Å². The summed E-state index contributed by atoms with van der Waals surface area (Å²) in [6.07, 6.45) is 4.64. The van der Waals surface area contributed by atoms with Gasteiger partial charge in [0.25, 0.3) is 0 Å². The van der Waals surface area contributed by atoms with Crippen molar-refractivity contribution in [1.29, 1.82) is 5.26 Å². The summed E-state index contributed by atoms with van der Waals surface area (Å²) in [6.45, 7) is 0.275. The van der Waals surface area contributed by atoms with Crippen LogP contribution in [0, 0.1) is 16.7 Å². The van der Waals surface area contributed by atoms with Crippen LogP contribution >= 0.6 is 10.7 Å². The fourth-order valence-electron chi connectivity index (χ4n) is 2.91. The van der Waals surface area contributed by atoms with Crippen molar-refractivity contribution in [3.8, 4) is 11.8 Å². The van der Waals surface area contributed by atoms with Gasteiger partial charge in [-0.25, -0.2) is 8.42 Å². The Morgan fingerprint density at radius 1 is 1.24 bits per heavy atom. The van der Waals surface area contributed by atoms with Gasteiger partial charge in [0.15, 0.2) is 0 Å². The van der Waals surface area contributed by atoms with Gasteiger partial charge in [-0.1, -0.05) is 31.4 Å². The molecule has 1 aromatic rings. The van der Waals surface area contributed by atoms with Crippen molar-refractivity contribution < 1.29 is 13.2 Å². The first-order valence-electron chi connectivity index (χ1n) is 6.98. The molecule has 0 N–H and O–H groups in total. The summed E-state index contributed by atoms with van der Waals surface area (Å²) in [7, 11) is 1.89. The summed E-state index contributed by atoms with van der Waals surface area (Å²) in [5.41, 5.74) is 0.0127. The number of halogens is 1. The fourth-order valence-corrected chi connectivity index (χ4v) is 4.71. The molecule has 0 heterocycles. The SMILES string of the molecule is N#Cc1ccccc1OCC1(CS(=O)(=O)Cl)CCCCC1. The zero-order valence-corrected chi connectivity index (χ0v) is 13.3. The van der Waals surface area contributed by atoms with Gasteiger partial charge >= 0.3 is 0 Å². The lowest BCUT2D eigenvalue weighted by atomic mass is 9.76. The third-order valence-corrected chi connectivity index (χ3v) is 5.22. The van der Waals surface area contributed by atoms with Gasteiger partial charge in [0.1, 0.15) is 11.8 Å². The Kier molecular flexibility index (Phi) is 5.13. The lowest BCUT2D eigenvalue weighted by Crippen LogP contribution is -2.37. The molecule has 1 aliphatic rings. The third-order valence-electron chi connectivity index (χ3n) is 3.93. The van der Waals surface area contributed by atoms with E-state index in [1.54, 1.807) is 24.3 Å². The van der Waals surface area contributed by atoms with Crippen molar-refractivity contribution in [3.63, 3.8) is 0 Å². The molecule has 0 unspecified atom stereocenters. The van der Waals surface area contributed by atoms with Crippen LogP contribution < -0.4 is 4.74 Å². The number of para-hydroxylation sites is 1. The molecule has 6 heteroatoms. The van der Waals surface area contributed by atoms with Crippen molar-refractivity contribution in [2.75, 3.05) is 12.4 Å². The number of hydrogen-bond donors (Lipinski definition) is 0.